The van der Waals surface area contributed by atoms with Gasteiger partial charge in [-0.15, -0.1) is 0 Å². The standard InChI is InChI=1S/C14H11N3O3/c18-13(19)9-16-10-5-1-2-6-11(10)17(14(16)20)12-7-3-4-8-15-12/h1-8H,9H2,(H,18,19)/p-1. The average Bonchev–Trinajstić information content (AvgIpc) is 2.72. The minimum absolute atomic E-state index is 0.450. The van der Waals surface area contributed by atoms with Crippen LogP contribution in [0.25, 0.3) is 16.9 Å². The smallest absolute Gasteiger partial charge is 0.335 e. The van der Waals surface area contributed by atoms with E-state index in [1.54, 1.807) is 48.7 Å². The molecule has 0 aliphatic heterocycles. The van der Waals surface area contributed by atoms with Gasteiger partial charge >= 0.3 is 5.69 Å². The van der Waals surface area contributed by atoms with E-state index >= 15 is 0 Å². The zero-order chi connectivity index (χ0) is 14.1. The van der Waals surface area contributed by atoms with Crippen LogP contribution in [0.1, 0.15) is 0 Å². The molecule has 0 aliphatic carbocycles. The number of aliphatic carboxylic acids is 1. The lowest BCUT2D eigenvalue weighted by Gasteiger charge is -2.03. The summed E-state index contributed by atoms with van der Waals surface area (Å²) in [5, 5.41) is 10.8. The molecule has 20 heavy (non-hydrogen) atoms. The van der Waals surface area contributed by atoms with Gasteiger partial charge < -0.3 is 9.90 Å². The number of hydrogen-bond donors (Lipinski definition) is 0. The van der Waals surface area contributed by atoms with Gasteiger partial charge in [-0.05, 0) is 24.3 Å². The van der Waals surface area contributed by atoms with Crippen LogP contribution in [0, 0.1) is 0 Å². The fourth-order valence-electron chi connectivity index (χ4n) is 2.20. The Morgan fingerprint density at radius 2 is 1.80 bits per heavy atom. The van der Waals surface area contributed by atoms with Crippen LogP contribution >= 0.6 is 0 Å². The van der Waals surface area contributed by atoms with E-state index in [1.807, 2.05) is 0 Å². The van der Waals surface area contributed by atoms with Gasteiger partial charge in [-0.25, -0.2) is 14.3 Å². The van der Waals surface area contributed by atoms with Crippen LogP contribution in [0.2, 0.25) is 0 Å². The lowest BCUT2D eigenvalue weighted by atomic mass is 10.3. The van der Waals surface area contributed by atoms with E-state index in [0.29, 0.717) is 16.9 Å². The number of imidazole rings is 1. The summed E-state index contributed by atoms with van der Waals surface area (Å²) in [7, 11) is 0. The molecule has 6 nitrogen and oxygen atoms in total. The van der Waals surface area contributed by atoms with E-state index in [0.717, 1.165) is 0 Å². The second-order valence-electron chi connectivity index (χ2n) is 4.25. The summed E-state index contributed by atoms with van der Waals surface area (Å²) >= 11 is 0. The van der Waals surface area contributed by atoms with Crippen LogP contribution in [-0.4, -0.2) is 20.1 Å². The Morgan fingerprint density at radius 3 is 2.45 bits per heavy atom. The first-order chi connectivity index (χ1) is 9.68. The van der Waals surface area contributed by atoms with Gasteiger partial charge in [0.05, 0.1) is 23.5 Å². The van der Waals surface area contributed by atoms with Crippen molar-refractivity contribution in [3.8, 4) is 5.82 Å². The Kier molecular flexibility index (Phi) is 2.83. The van der Waals surface area contributed by atoms with Crippen LogP contribution in [0.3, 0.4) is 0 Å². The number of para-hydroxylation sites is 2. The summed E-state index contributed by atoms with van der Waals surface area (Å²) in [5.41, 5.74) is 0.693. The molecule has 0 spiro atoms. The molecule has 1 aromatic carbocycles. The number of rotatable bonds is 3. The summed E-state index contributed by atoms with van der Waals surface area (Å²) < 4.78 is 2.55. The second kappa shape index (κ2) is 4.65. The number of aromatic nitrogens is 3. The van der Waals surface area contributed by atoms with Crippen molar-refractivity contribution in [3.63, 3.8) is 0 Å². The summed E-state index contributed by atoms with van der Waals surface area (Å²) in [6.07, 6.45) is 1.58. The first-order valence-corrected chi connectivity index (χ1v) is 6.00. The van der Waals surface area contributed by atoms with E-state index in [-0.39, 0.29) is 0 Å². The van der Waals surface area contributed by atoms with Crippen molar-refractivity contribution in [1.29, 1.82) is 0 Å². The number of nitrogens with zero attached hydrogens (tertiary/aromatic N) is 3. The summed E-state index contributed by atoms with van der Waals surface area (Å²) in [4.78, 5) is 27.4. The molecule has 100 valence electrons. The predicted molar refractivity (Wildman–Crippen MR) is 70.3 cm³/mol. The van der Waals surface area contributed by atoms with Crippen molar-refractivity contribution in [2.75, 3.05) is 0 Å². The largest absolute Gasteiger partial charge is 0.548 e. The highest BCUT2D eigenvalue weighted by atomic mass is 16.4. The van der Waals surface area contributed by atoms with E-state index in [4.69, 9.17) is 0 Å². The molecule has 6 heteroatoms. The molecule has 0 fully saturated rings. The summed E-state index contributed by atoms with van der Waals surface area (Å²) in [6.45, 7) is -0.487. The zero-order valence-corrected chi connectivity index (χ0v) is 10.4. The van der Waals surface area contributed by atoms with Crippen LogP contribution in [0.5, 0.6) is 0 Å². The maximum atomic E-state index is 12.4. The molecule has 0 radical (unpaired) electrons. The first-order valence-electron chi connectivity index (χ1n) is 6.00. The monoisotopic (exact) mass is 268 g/mol. The minimum Gasteiger partial charge on any atom is -0.548 e. The lowest BCUT2D eigenvalue weighted by molar-refractivity contribution is -0.306. The van der Waals surface area contributed by atoms with Crippen molar-refractivity contribution < 1.29 is 9.90 Å². The van der Waals surface area contributed by atoms with Crippen molar-refractivity contribution >= 4 is 17.0 Å². The van der Waals surface area contributed by atoms with Crippen LogP contribution in [0.4, 0.5) is 0 Å². The van der Waals surface area contributed by atoms with Gasteiger partial charge in [0.25, 0.3) is 0 Å². The van der Waals surface area contributed by atoms with Crippen LogP contribution < -0.4 is 10.8 Å². The van der Waals surface area contributed by atoms with Gasteiger partial charge in [0, 0.05) is 6.20 Å². The third kappa shape index (κ3) is 1.87. The SMILES string of the molecule is O=C([O-])Cn1c(=O)n(-c2ccccn2)c2ccccc21. The fraction of sp³-hybridized carbons (Fsp3) is 0.0714. The Morgan fingerprint density at radius 1 is 1.10 bits per heavy atom. The summed E-state index contributed by atoms with van der Waals surface area (Å²) in [6, 6.07) is 12.2. The minimum atomic E-state index is -1.31. The molecular formula is C14H10N3O3-. The molecule has 0 atom stereocenters. The van der Waals surface area contributed by atoms with Gasteiger partial charge in [0.2, 0.25) is 0 Å². The van der Waals surface area contributed by atoms with Crippen LogP contribution in [-0.2, 0) is 11.3 Å². The Bertz CT molecular complexity index is 834. The maximum absolute atomic E-state index is 12.4. The topological polar surface area (TPSA) is 80.0 Å². The molecule has 0 saturated heterocycles. The Balaban J connectivity index is 2.36. The highest BCUT2D eigenvalue weighted by Crippen LogP contribution is 2.15. The van der Waals surface area contributed by atoms with Crippen molar-refractivity contribution in [2.45, 2.75) is 6.54 Å². The fourth-order valence-corrected chi connectivity index (χ4v) is 2.20. The molecule has 0 N–H and O–H groups in total. The normalized spacial score (nSPS) is 10.8. The van der Waals surface area contributed by atoms with Crippen molar-refractivity contribution in [1.82, 2.24) is 14.1 Å². The van der Waals surface area contributed by atoms with Crippen LogP contribution in [0.15, 0.2) is 53.5 Å². The molecular weight excluding hydrogens is 258 g/mol. The molecule has 2 heterocycles. The predicted octanol–water partition coefficient (Wildman–Crippen LogP) is -0.0629. The Labute approximate surface area is 113 Å². The summed E-state index contributed by atoms with van der Waals surface area (Å²) in [5.74, 6) is -0.859. The second-order valence-corrected chi connectivity index (χ2v) is 4.25. The van der Waals surface area contributed by atoms with Gasteiger partial charge in [-0.1, -0.05) is 18.2 Å². The van der Waals surface area contributed by atoms with E-state index < -0.39 is 18.2 Å². The van der Waals surface area contributed by atoms with Gasteiger partial charge in [0.15, 0.2) is 0 Å². The number of carbonyl (C=O) groups is 1. The highest BCUT2D eigenvalue weighted by molar-refractivity contribution is 5.79. The van der Waals surface area contributed by atoms with E-state index in [9.17, 15) is 14.7 Å². The van der Waals surface area contributed by atoms with Crippen molar-refractivity contribution in [3.05, 3.63) is 59.1 Å². The number of benzene rings is 1. The third-order valence-corrected chi connectivity index (χ3v) is 3.00. The molecule has 0 amide bonds. The molecule has 0 bridgehead atoms. The van der Waals surface area contributed by atoms with E-state index in [1.165, 1.54) is 9.13 Å². The maximum Gasteiger partial charge on any atom is 0.335 e. The van der Waals surface area contributed by atoms with E-state index in [2.05, 4.69) is 4.98 Å². The number of carboxylic acids is 1. The molecule has 3 aromatic rings. The lowest BCUT2D eigenvalue weighted by Crippen LogP contribution is -2.33. The van der Waals surface area contributed by atoms with Gasteiger partial charge in [-0.2, -0.15) is 0 Å². The average molecular weight is 268 g/mol. The zero-order valence-electron chi connectivity index (χ0n) is 10.4. The molecule has 0 saturated carbocycles. The molecule has 0 unspecified atom stereocenters. The number of fused-ring (bicyclic) bond motifs is 1. The van der Waals surface area contributed by atoms with Crippen molar-refractivity contribution in [2.24, 2.45) is 0 Å². The Hall–Kier alpha value is -2.89. The highest BCUT2D eigenvalue weighted by Gasteiger charge is 2.14. The van der Waals surface area contributed by atoms with Gasteiger partial charge in [0.1, 0.15) is 5.82 Å². The molecule has 0 aliphatic rings. The number of pyridine rings is 1. The molecule has 3 rings (SSSR count). The quantitative estimate of drug-likeness (QED) is 0.666. The third-order valence-electron chi connectivity index (χ3n) is 3.00. The number of carboxylic acid groups (broad SMARTS) is 1. The molecule has 2 aromatic heterocycles. The van der Waals surface area contributed by atoms with Gasteiger partial charge in [-0.3, -0.25) is 4.57 Å². The first kappa shape index (κ1) is 12.2. The number of hydrogen-bond acceptors (Lipinski definition) is 4. The number of carbonyl (C=O) groups excluding carboxylic acids is 1.